The minimum atomic E-state index is -0.206. The molecule has 0 aliphatic heterocycles. The SMILES string of the molecule is Cc1nc(C(=O)Nc2cccc3cccnc23)cs1. The fraction of sp³-hybridized carbons (Fsp3) is 0.0714. The molecule has 19 heavy (non-hydrogen) atoms. The summed E-state index contributed by atoms with van der Waals surface area (Å²) in [6, 6.07) is 9.53. The van der Waals surface area contributed by atoms with E-state index in [4.69, 9.17) is 0 Å². The van der Waals surface area contributed by atoms with Crippen molar-refractivity contribution in [2.45, 2.75) is 6.92 Å². The molecule has 0 radical (unpaired) electrons. The van der Waals surface area contributed by atoms with Gasteiger partial charge in [0.2, 0.25) is 0 Å². The van der Waals surface area contributed by atoms with E-state index in [1.54, 1.807) is 11.6 Å². The first-order chi connectivity index (χ1) is 9.24. The van der Waals surface area contributed by atoms with Gasteiger partial charge in [-0.2, -0.15) is 0 Å². The molecule has 1 aromatic carbocycles. The molecule has 1 amide bonds. The number of nitrogens with zero attached hydrogens (tertiary/aromatic N) is 2. The predicted molar refractivity (Wildman–Crippen MR) is 76.5 cm³/mol. The summed E-state index contributed by atoms with van der Waals surface area (Å²) in [5.41, 5.74) is 1.93. The van der Waals surface area contributed by atoms with E-state index in [9.17, 15) is 4.79 Å². The van der Waals surface area contributed by atoms with Gasteiger partial charge >= 0.3 is 0 Å². The van der Waals surface area contributed by atoms with E-state index in [0.717, 1.165) is 15.9 Å². The van der Waals surface area contributed by atoms with Gasteiger partial charge in [0.05, 0.1) is 16.2 Å². The molecule has 0 fully saturated rings. The quantitative estimate of drug-likeness (QED) is 0.777. The number of carbonyl (C=O) groups excluding carboxylic acids is 1. The molecule has 0 bridgehead atoms. The number of fused-ring (bicyclic) bond motifs is 1. The second kappa shape index (κ2) is 4.78. The van der Waals surface area contributed by atoms with Crippen molar-refractivity contribution in [3.05, 3.63) is 52.6 Å². The third-order valence-corrected chi connectivity index (χ3v) is 3.51. The van der Waals surface area contributed by atoms with Crippen LogP contribution in [0, 0.1) is 6.92 Å². The lowest BCUT2D eigenvalue weighted by Gasteiger charge is -2.06. The maximum atomic E-state index is 12.1. The average Bonchev–Trinajstić information content (AvgIpc) is 2.86. The molecule has 2 heterocycles. The van der Waals surface area contributed by atoms with Crippen LogP contribution in [0.2, 0.25) is 0 Å². The predicted octanol–water partition coefficient (Wildman–Crippen LogP) is 3.25. The molecule has 0 unspecified atom stereocenters. The van der Waals surface area contributed by atoms with Gasteiger partial charge in [-0.25, -0.2) is 4.98 Å². The van der Waals surface area contributed by atoms with E-state index in [1.165, 1.54) is 11.3 Å². The van der Waals surface area contributed by atoms with Gasteiger partial charge in [0.25, 0.3) is 5.91 Å². The number of nitrogens with one attached hydrogen (secondary N) is 1. The van der Waals surface area contributed by atoms with Crippen molar-refractivity contribution in [1.29, 1.82) is 0 Å². The molecule has 4 nitrogen and oxygen atoms in total. The largest absolute Gasteiger partial charge is 0.319 e. The zero-order valence-electron chi connectivity index (χ0n) is 10.3. The molecule has 1 N–H and O–H groups in total. The number of hydrogen-bond donors (Lipinski definition) is 1. The maximum absolute atomic E-state index is 12.1. The lowest BCUT2D eigenvalue weighted by molar-refractivity contribution is 0.102. The van der Waals surface area contributed by atoms with Crippen LogP contribution >= 0.6 is 11.3 Å². The van der Waals surface area contributed by atoms with Gasteiger partial charge in [-0.3, -0.25) is 9.78 Å². The number of thiazole rings is 1. The number of rotatable bonds is 2. The van der Waals surface area contributed by atoms with E-state index in [-0.39, 0.29) is 5.91 Å². The highest BCUT2D eigenvalue weighted by Crippen LogP contribution is 2.21. The monoisotopic (exact) mass is 269 g/mol. The van der Waals surface area contributed by atoms with Crippen molar-refractivity contribution in [3.8, 4) is 0 Å². The molecule has 0 aliphatic rings. The van der Waals surface area contributed by atoms with Gasteiger partial charge in [-0.1, -0.05) is 18.2 Å². The fourth-order valence-corrected chi connectivity index (χ4v) is 2.45. The molecule has 0 saturated carbocycles. The number of hydrogen-bond acceptors (Lipinski definition) is 4. The van der Waals surface area contributed by atoms with Crippen LogP contribution in [0.15, 0.2) is 41.9 Å². The van der Waals surface area contributed by atoms with Crippen LogP contribution in [0.5, 0.6) is 0 Å². The summed E-state index contributed by atoms with van der Waals surface area (Å²) in [6.07, 6.45) is 1.71. The fourth-order valence-electron chi connectivity index (χ4n) is 1.86. The summed E-state index contributed by atoms with van der Waals surface area (Å²) in [7, 11) is 0. The van der Waals surface area contributed by atoms with Crippen molar-refractivity contribution in [2.24, 2.45) is 0 Å². The minimum absolute atomic E-state index is 0.206. The van der Waals surface area contributed by atoms with Crippen molar-refractivity contribution in [2.75, 3.05) is 5.32 Å². The number of para-hydroxylation sites is 1. The van der Waals surface area contributed by atoms with E-state index in [0.29, 0.717) is 11.4 Å². The molecule has 0 atom stereocenters. The minimum Gasteiger partial charge on any atom is -0.319 e. The van der Waals surface area contributed by atoms with E-state index in [2.05, 4.69) is 15.3 Å². The number of amides is 1. The number of anilines is 1. The lowest BCUT2D eigenvalue weighted by Crippen LogP contribution is -2.12. The van der Waals surface area contributed by atoms with Gasteiger partial charge in [-0.15, -0.1) is 11.3 Å². The first-order valence-corrected chi connectivity index (χ1v) is 6.69. The standard InChI is InChI=1S/C14H11N3OS/c1-9-16-12(8-19-9)14(18)17-11-6-2-4-10-5-3-7-15-13(10)11/h2-8H,1H3,(H,17,18). The Bertz CT molecular complexity index is 746. The van der Waals surface area contributed by atoms with Crippen LogP contribution in [0.3, 0.4) is 0 Å². The Morgan fingerprint density at radius 2 is 2.11 bits per heavy atom. The second-order valence-electron chi connectivity index (χ2n) is 4.09. The number of carbonyl (C=O) groups is 1. The number of pyridine rings is 1. The van der Waals surface area contributed by atoms with Crippen molar-refractivity contribution in [3.63, 3.8) is 0 Å². The van der Waals surface area contributed by atoms with Gasteiger partial charge < -0.3 is 5.32 Å². The maximum Gasteiger partial charge on any atom is 0.275 e. The Balaban J connectivity index is 1.95. The summed E-state index contributed by atoms with van der Waals surface area (Å²) in [5, 5.41) is 6.48. The average molecular weight is 269 g/mol. The van der Waals surface area contributed by atoms with Crippen LogP contribution in [0.1, 0.15) is 15.5 Å². The summed E-state index contributed by atoms with van der Waals surface area (Å²) >= 11 is 1.46. The third kappa shape index (κ3) is 2.32. The number of aromatic nitrogens is 2. The van der Waals surface area contributed by atoms with Crippen molar-refractivity contribution >= 4 is 33.8 Å². The van der Waals surface area contributed by atoms with Crippen molar-refractivity contribution in [1.82, 2.24) is 9.97 Å². The number of aryl methyl sites for hydroxylation is 1. The zero-order valence-corrected chi connectivity index (χ0v) is 11.1. The highest BCUT2D eigenvalue weighted by atomic mass is 32.1. The van der Waals surface area contributed by atoms with Gasteiger partial charge in [0.15, 0.2) is 0 Å². The summed E-state index contributed by atoms with van der Waals surface area (Å²) in [6.45, 7) is 1.88. The molecule has 3 rings (SSSR count). The summed E-state index contributed by atoms with van der Waals surface area (Å²) in [4.78, 5) is 20.5. The molecular weight excluding hydrogens is 258 g/mol. The molecule has 2 aromatic heterocycles. The van der Waals surface area contributed by atoms with Crippen LogP contribution < -0.4 is 5.32 Å². The Labute approximate surface area is 114 Å². The van der Waals surface area contributed by atoms with E-state index >= 15 is 0 Å². The zero-order chi connectivity index (χ0) is 13.2. The highest BCUT2D eigenvalue weighted by Gasteiger charge is 2.11. The molecule has 0 aliphatic carbocycles. The number of benzene rings is 1. The van der Waals surface area contributed by atoms with Gasteiger partial charge in [0.1, 0.15) is 5.69 Å². The van der Waals surface area contributed by atoms with Crippen molar-refractivity contribution < 1.29 is 4.79 Å². The highest BCUT2D eigenvalue weighted by molar-refractivity contribution is 7.09. The first kappa shape index (κ1) is 11.8. The topological polar surface area (TPSA) is 54.9 Å². The first-order valence-electron chi connectivity index (χ1n) is 5.81. The Kier molecular flexibility index (Phi) is 2.97. The van der Waals surface area contributed by atoms with Crippen LogP contribution in [0.25, 0.3) is 10.9 Å². The lowest BCUT2D eigenvalue weighted by atomic mass is 10.2. The van der Waals surface area contributed by atoms with Crippen LogP contribution in [0.4, 0.5) is 5.69 Å². The third-order valence-electron chi connectivity index (χ3n) is 2.73. The Hall–Kier alpha value is -2.27. The Morgan fingerprint density at radius 1 is 1.26 bits per heavy atom. The smallest absolute Gasteiger partial charge is 0.275 e. The molecule has 3 aromatic rings. The van der Waals surface area contributed by atoms with Crippen LogP contribution in [-0.4, -0.2) is 15.9 Å². The van der Waals surface area contributed by atoms with E-state index < -0.39 is 0 Å². The molecule has 94 valence electrons. The summed E-state index contributed by atoms with van der Waals surface area (Å²) < 4.78 is 0. The molecule has 5 heteroatoms. The molecule has 0 spiro atoms. The Morgan fingerprint density at radius 3 is 2.89 bits per heavy atom. The second-order valence-corrected chi connectivity index (χ2v) is 5.15. The van der Waals surface area contributed by atoms with Gasteiger partial charge in [-0.05, 0) is 19.1 Å². The molecule has 0 saturated heterocycles. The van der Waals surface area contributed by atoms with Crippen LogP contribution in [-0.2, 0) is 0 Å². The molecular formula is C14H11N3OS. The normalized spacial score (nSPS) is 10.6. The van der Waals surface area contributed by atoms with Gasteiger partial charge in [0, 0.05) is 17.0 Å². The van der Waals surface area contributed by atoms with E-state index in [1.807, 2.05) is 37.3 Å². The summed E-state index contributed by atoms with van der Waals surface area (Å²) in [5.74, 6) is -0.206.